The number of rotatable bonds is 3. The molecule has 0 spiro atoms. The fraction of sp³-hybridized carbons (Fsp3) is 0.619. The number of benzene rings is 1. The molecule has 0 radical (unpaired) electrons. The Kier molecular flexibility index (Phi) is 4.31. The Hall–Kier alpha value is -2.08. The summed E-state index contributed by atoms with van der Waals surface area (Å²) in [7, 11) is 1.73. The van der Waals surface area contributed by atoms with Crippen molar-refractivity contribution < 1.29 is 9.15 Å². The van der Waals surface area contributed by atoms with Gasteiger partial charge in [0.2, 0.25) is 5.89 Å². The first-order valence-corrected chi connectivity index (χ1v) is 10.2. The smallest absolute Gasteiger partial charge is 0.318 e. The van der Waals surface area contributed by atoms with Crippen LogP contribution in [0.1, 0.15) is 43.2 Å². The summed E-state index contributed by atoms with van der Waals surface area (Å²) < 4.78 is 11.1. The van der Waals surface area contributed by atoms with Crippen molar-refractivity contribution in [3.63, 3.8) is 0 Å². The largest absolute Gasteiger partial charge is 0.497 e. The molecule has 4 heterocycles. The zero-order chi connectivity index (χ0) is 18.4. The highest BCUT2D eigenvalue weighted by atomic mass is 16.5. The van der Waals surface area contributed by atoms with E-state index in [1.165, 1.54) is 37.8 Å². The van der Waals surface area contributed by atoms with Crippen LogP contribution in [0, 0.1) is 18.8 Å². The first-order chi connectivity index (χ1) is 13.2. The minimum Gasteiger partial charge on any atom is -0.497 e. The number of nitrogens with zero attached hydrogens (tertiary/aromatic N) is 4. The molecule has 144 valence electrons. The molecule has 2 aromatic rings. The van der Waals surface area contributed by atoms with Crippen LogP contribution in [-0.4, -0.2) is 47.9 Å². The fourth-order valence-corrected chi connectivity index (χ4v) is 5.56. The molecule has 3 saturated heterocycles. The topological polar surface area (TPSA) is 54.6 Å². The molecular weight excluding hydrogens is 340 g/mol. The van der Waals surface area contributed by atoms with Crippen LogP contribution >= 0.6 is 0 Å². The molecule has 4 atom stereocenters. The Balaban J connectivity index is 1.37. The molecular formula is C21H28N4O2. The van der Waals surface area contributed by atoms with Crippen molar-refractivity contribution in [3.05, 3.63) is 35.7 Å². The van der Waals surface area contributed by atoms with Crippen molar-refractivity contribution in [1.29, 1.82) is 0 Å². The standard InChI is InChI=1S/C21H28N4O2/c1-14-22-23-21(27-14)24-11-15-10-17(13-24)20-5-3-4-19(25(20)12-15)16-6-8-18(26-2)9-7-16/h6-9,15,17,19-20H,3-5,10-13H2,1-2H3/t15-,17+,19+,20-/m0/s1. The van der Waals surface area contributed by atoms with E-state index in [4.69, 9.17) is 9.15 Å². The van der Waals surface area contributed by atoms with Crippen LogP contribution in [0.15, 0.2) is 28.7 Å². The van der Waals surface area contributed by atoms with Gasteiger partial charge in [0.15, 0.2) is 0 Å². The highest BCUT2D eigenvalue weighted by Gasteiger charge is 2.45. The molecule has 0 amide bonds. The van der Waals surface area contributed by atoms with Crippen LogP contribution in [0.2, 0.25) is 0 Å². The predicted octanol–water partition coefficient (Wildman–Crippen LogP) is 3.44. The molecule has 6 nitrogen and oxygen atoms in total. The van der Waals surface area contributed by atoms with Gasteiger partial charge in [0, 0.05) is 38.6 Å². The Morgan fingerprint density at radius 3 is 2.67 bits per heavy atom. The summed E-state index contributed by atoms with van der Waals surface area (Å²) >= 11 is 0. The summed E-state index contributed by atoms with van der Waals surface area (Å²) in [5, 5.41) is 8.29. The Morgan fingerprint density at radius 1 is 1.07 bits per heavy atom. The third-order valence-corrected chi connectivity index (χ3v) is 6.67. The summed E-state index contributed by atoms with van der Waals surface area (Å²) in [5.74, 6) is 2.95. The third-order valence-electron chi connectivity index (χ3n) is 6.67. The van der Waals surface area contributed by atoms with Crippen molar-refractivity contribution in [1.82, 2.24) is 15.1 Å². The van der Waals surface area contributed by atoms with E-state index in [2.05, 4.69) is 44.3 Å². The average Bonchev–Trinajstić information content (AvgIpc) is 3.14. The second-order valence-electron chi connectivity index (χ2n) is 8.35. The zero-order valence-electron chi connectivity index (χ0n) is 16.2. The number of aromatic nitrogens is 2. The normalized spacial score (nSPS) is 30.8. The molecule has 0 N–H and O–H groups in total. The molecule has 2 bridgehead atoms. The first kappa shape index (κ1) is 17.0. The van der Waals surface area contributed by atoms with Crippen molar-refractivity contribution in [3.8, 4) is 5.75 Å². The molecule has 1 aromatic carbocycles. The third kappa shape index (κ3) is 3.10. The van der Waals surface area contributed by atoms with Gasteiger partial charge in [-0.05, 0) is 55.2 Å². The van der Waals surface area contributed by atoms with Gasteiger partial charge in [-0.1, -0.05) is 17.2 Å². The van der Waals surface area contributed by atoms with Gasteiger partial charge < -0.3 is 14.1 Å². The van der Waals surface area contributed by atoms with Gasteiger partial charge in [-0.25, -0.2) is 0 Å². The van der Waals surface area contributed by atoms with Gasteiger partial charge in [0.05, 0.1) is 7.11 Å². The highest BCUT2D eigenvalue weighted by molar-refractivity contribution is 5.31. The number of ether oxygens (including phenoxy) is 1. The minimum atomic E-state index is 0.539. The van der Waals surface area contributed by atoms with Gasteiger partial charge in [-0.3, -0.25) is 4.90 Å². The maximum absolute atomic E-state index is 5.71. The fourth-order valence-electron chi connectivity index (χ4n) is 5.56. The van der Waals surface area contributed by atoms with Crippen LogP contribution in [0.5, 0.6) is 5.75 Å². The summed E-state index contributed by atoms with van der Waals surface area (Å²) in [6.45, 7) is 5.09. The van der Waals surface area contributed by atoms with E-state index in [9.17, 15) is 0 Å². The van der Waals surface area contributed by atoms with E-state index < -0.39 is 0 Å². The van der Waals surface area contributed by atoms with Crippen molar-refractivity contribution >= 4 is 6.01 Å². The molecule has 5 rings (SSSR count). The van der Waals surface area contributed by atoms with Gasteiger partial charge in [-0.2, -0.15) is 0 Å². The van der Waals surface area contributed by atoms with E-state index in [1.54, 1.807) is 7.11 Å². The Morgan fingerprint density at radius 2 is 1.93 bits per heavy atom. The lowest BCUT2D eigenvalue weighted by molar-refractivity contribution is -0.0207. The van der Waals surface area contributed by atoms with E-state index in [1.807, 2.05) is 6.92 Å². The summed E-state index contributed by atoms with van der Waals surface area (Å²) in [4.78, 5) is 5.13. The molecule has 0 saturated carbocycles. The SMILES string of the molecule is COc1ccc([C@H]2CCC[C@H]3[C@@H]4C[C@@H](CN(c5nnc(C)o5)C4)CN23)cc1. The lowest BCUT2D eigenvalue weighted by Crippen LogP contribution is -2.59. The van der Waals surface area contributed by atoms with Gasteiger partial charge in [0.1, 0.15) is 5.75 Å². The molecule has 6 heteroatoms. The molecule has 27 heavy (non-hydrogen) atoms. The molecule has 0 aliphatic carbocycles. The molecule has 3 aliphatic heterocycles. The lowest BCUT2D eigenvalue weighted by atomic mass is 9.74. The number of piperidine rings is 3. The number of anilines is 1. The van der Waals surface area contributed by atoms with Gasteiger partial charge in [-0.15, -0.1) is 5.10 Å². The van der Waals surface area contributed by atoms with E-state index in [0.717, 1.165) is 18.8 Å². The number of hydrogen-bond donors (Lipinski definition) is 0. The lowest BCUT2D eigenvalue weighted by Gasteiger charge is -2.55. The van der Waals surface area contributed by atoms with Crippen LogP contribution in [0.4, 0.5) is 6.01 Å². The number of hydrogen-bond acceptors (Lipinski definition) is 6. The van der Waals surface area contributed by atoms with E-state index in [-0.39, 0.29) is 0 Å². The average molecular weight is 368 g/mol. The molecule has 3 fully saturated rings. The van der Waals surface area contributed by atoms with Crippen LogP contribution in [0.25, 0.3) is 0 Å². The monoisotopic (exact) mass is 368 g/mol. The van der Waals surface area contributed by atoms with E-state index in [0.29, 0.717) is 35.8 Å². The minimum absolute atomic E-state index is 0.539. The van der Waals surface area contributed by atoms with Crippen LogP contribution < -0.4 is 9.64 Å². The zero-order valence-corrected chi connectivity index (χ0v) is 16.2. The van der Waals surface area contributed by atoms with Crippen LogP contribution in [0.3, 0.4) is 0 Å². The summed E-state index contributed by atoms with van der Waals surface area (Å²) in [6.07, 6.45) is 5.20. The molecule has 0 unspecified atom stereocenters. The Bertz CT molecular complexity index is 790. The number of methoxy groups -OCH3 is 1. The van der Waals surface area contributed by atoms with Crippen molar-refractivity contribution in [2.75, 3.05) is 31.6 Å². The number of aryl methyl sites for hydroxylation is 1. The first-order valence-electron chi connectivity index (χ1n) is 10.2. The van der Waals surface area contributed by atoms with Gasteiger partial charge >= 0.3 is 6.01 Å². The van der Waals surface area contributed by atoms with E-state index >= 15 is 0 Å². The maximum atomic E-state index is 5.71. The van der Waals surface area contributed by atoms with Crippen LogP contribution in [-0.2, 0) is 0 Å². The highest BCUT2D eigenvalue weighted by Crippen LogP contribution is 2.45. The summed E-state index contributed by atoms with van der Waals surface area (Å²) in [5.41, 5.74) is 1.44. The van der Waals surface area contributed by atoms with Crippen molar-refractivity contribution in [2.45, 2.75) is 44.7 Å². The maximum Gasteiger partial charge on any atom is 0.318 e. The predicted molar refractivity (Wildman–Crippen MR) is 103 cm³/mol. The second kappa shape index (κ2) is 6.82. The number of fused-ring (bicyclic) bond motifs is 4. The molecule has 1 aromatic heterocycles. The van der Waals surface area contributed by atoms with Gasteiger partial charge in [0.25, 0.3) is 0 Å². The quantitative estimate of drug-likeness (QED) is 0.827. The Labute approximate surface area is 160 Å². The van der Waals surface area contributed by atoms with Crippen molar-refractivity contribution in [2.24, 2.45) is 11.8 Å². The summed E-state index contributed by atoms with van der Waals surface area (Å²) in [6, 6.07) is 10.6. The second-order valence-corrected chi connectivity index (χ2v) is 8.35. The molecule has 3 aliphatic rings.